The van der Waals surface area contributed by atoms with Crippen LogP contribution in [0.3, 0.4) is 0 Å². The number of hydrogen-bond donors (Lipinski definition) is 2. The Kier molecular flexibility index (Phi) is 7.25. The molecule has 0 bridgehead atoms. The van der Waals surface area contributed by atoms with Crippen LogP contribution >= 0.6 is 11.3 Å². The van der Waals surface area contributed by atoms with Gasteiger partial charge in [0.05, 0.1) is 12.7 Å². The Bertz CT molecular complexity index is 1150. The monoisotopic (exact) mass is 453 g/mol. The van der Waals surface area contributed by atoms with E-state index >= 15 is 0 Å². The molecule has 0 fully saturated rings. The topological polar surface area (TPSA) is 125 Å². The maximum atomic E-state index is 12.3. The summed E-state index contributed by atoms with van der Waals surface area (Å²) in [5.74, 6) is -1.37. The second kappa shape index (κ2) is 10.3. The van der Waals surface area contributed by atoms with E-state index in [1.54, 1.807) is 12.1 Å². The van der Waals surface area contributed by atoms with Gasteiger partial charge in [0.25, 0.3) is 5.91 Å². The van der Waals surface area contributed by atoms with Gasteiger partial charge in [0.1, 0.15) is 17.2 Å². The molecule has 2 aromatic carbocycles. The van der Waals surface area contributed by atoms with Crippen molar-refractivity contribution in [2.24, 2.45) is 5.73 Å². The van der Waals surface area contributed by atoms with Crippen LogP contribution in [0.5, 0.6) is 17.2 Å². The minimum absolute atomic E-state index is 0.0796. The van der Waals surface area contributed by atoms with E-state index in [-0.39, 0.29) is 17.9 Å². The van der Waals surface area contributed by atoms with E-state index in [9.17, 15) is 14.4 Å². The Hall–Kier alpha value is -4.11. The molecule has 1 amide bonds. The molecule has 0 spiro atoms. The van der Waals surface area contributed by atoms with Gasteiger partial charge in [0, 0.05) is 28.1 Å². The summed E-state index contributed by atoms with van der Waals surface area (Å²) >= 11 is 1.52. The van der Waals surface area contributed by atoms with E-state index in [4.69, 9.17) is 25.1 Å². The van der Waals surface area contributed by atoms with E-state index in [1.165, 1.54) is 54.9 Å². The van der Waals surface area contributed by atoms with Crippen LogP contribution in [0.1, 0.15) is 15.9 Å². The first-order valence-corrected chi connectivity index (χ1v) is 10.2. The lowest BCUT2D eigenvalue weighted by Gasteiger charge is -2.13. The van der Waals surface area contributed by atoms with Crippen molar-refractivity contribution in [1.29, 1.82) is 0 Å². The van der Waals surface area contributed by atoms with Crippen LogP contribution in [0.2, 0.25) is 0 Å². The summed E-state index contributed by atoms with van der Waals surface area (Å²) in [6.07, 6.45) is 2.68. The van der Waals surface area contributed by atoms with Crippen LogP contribution in [0.15, 0.2) is 60.0 Å². The summed E-state index contributed by atoms with van der Waals surface area (Å²) < 4.78 is 16.1. The van der Waals surface area contributed by atoms with Gasteiger partial charge in [-0.3, -0.25) is 4.79 Å². The van der Waals surface area contributed by atoms with Crippen LogP contribution in [-0.2, 0) is 9.59 Å². The molecule has 0 atom stereocenters. The van der Waals surface area contributed by atoms with Gasteiger partial charge in [0.15, 0.2) is 6.61 Å². The van der Waals surface area contributed by atoms with Crippen molar-refractivity contribution in [2.45, 2.75) is 0 Å². The summed E-state index contributed by atoms with van der Waals surface area (Å²) in [6.45, 7) is -0.345. The maximum Gasteiger partial charge on any atom is 0.336 e. The smallest absolute Gasteiger partial charge is 0.336 e. The number of carbonyl (C=O) groups excluding carboxylic acids is 2. The second-order valence-electron chi connectivity index (χ2n) is 6.41. The third-order valence-electron chi connectivity index (χ3n) is 4.21. The molecule has 3 N–H and O–H groups in total. The van der Waals surface area contributed by atoms with Gasteiger partial charge in [-0.2, -0.15) is 0 Å². The lowest BCUT2D eigenvalue weighted by molar-refractivity contribution is -0.129. The number of nitrogens with two attached hydrogens (primary N) is 1. The lowest BCUT2D eigenvalue weighted by atomic mass is 10.1. The first-order chi connectivity index (χ1) is 15.4. The quantitative estimate of drug-likeness (QED) is 0.288. The van der Waals surface area contributed by atoms with Crippen molar-refractivity contribution in [3.63, 3.8) is 0 Å². The molecule has 8 nitrogen and oxygen atoms in total. The fourth-order valence-corrected chi connectivity index (χ4v) is 3.50. The standard InChI is InChI=1S/C23H19NO7S/c1-29-19-12-18(30-13-21(24)25)15(11-17(19)20-3-2-10-32-20)6-9-22(26)31-16-7-4-14(5-8-16)23(27)28/h2-12H,13H2,1H3,(H2,24,25)(H,27,28). The van der Waals surface area contributed by atoms with Crippen molar-refractivity contribution in [3.05, 3.63) is 71.1 Å². The molecule has 3 rings (SSSR count). The number of ether oxygens (including phenoxy) is 3. The average molecular weight is 453 g/mol. The number of hydrogen-bond acceptors (Lipinski definition) is 7. The molecular formula is C23H19NO7S. The van der Waals surface area contributed by atoms with Gasteiger partial charge in [-0.15, -0.1) is 11.3 Å². The summed E-state index contributed by atoms with van der Waals surface area (Å²) in [5, 5.41) is 10.9. The summed E-state index contributed by atoms with van der Waals surface area (Å²) in [5.41, 5.74) is 6.55. The first kappa shape index (κ1) is 22.6. The van der Waals surface area contributed by atoms with Gasteiger partial charge >= 0.3 is 11.9 Å². The van der Waals surface area contributed by atoms with E-state index in [1.807, 2.05) is 17.5 Å². The summed E-state index contributed by atoms with van der Waals surface area (Å²) in [4.78, 5) is 35.3. The number of carboxylic acids is 1. The molecule has 32 heavy (non-hydrogen) atoms. The number of methoxy groups -OCH3 is 1. The second-order valence-corrected chi connectivity index (χ2v) is 7.35. The van der Waals surface area contributed by atoms with Crippen LogP contribution in [0, 0.1) is 0 Å². The minimum Gasteiger partial charge on any atom is -0.496 e. The highest BCUT2D eigenvalue weighted by Gasteiger charge is 2.14. The van der Waals surface area contributed by atoms with Gasteiger partial charge in [0.2, 0.25) is 0 Å². The highest BCUT2D eigenvalue weighted by Crippen LogP contribution is 2.38. The Morgan fingerprint density at radius 2 is 1.84 bits per heavy atom. The van der Waals surface area contributed by atoms with Crippen molar-refractivity contribution in [2.75, 3.05) is 13.7 Å². The number of carbonyl (C=O) groups is 3. The van der Waals surface area contributed by atoms with Gasteiger partial charge in [-0.05, 0) is 47.9 Å². The average Bonchev–Trinajstić information content (AvgIpc) is 3.31. The van der Waals surface area contributed by atoms with Gasteiger partial charge in [-0.25, -0.2) is 9.59 Å². The summed E-state index contributed by atoms with van der Waals surface area (Å²) in [6, 6.07) is 12.7. The number of benzene rings is 2. The molecule has 0 saturated carbocycles. The molecule has 9 heteroatoms. The molecule has 1 aromatic heterocycles. The molecule has 1 heterocycles. The van der Waals surface area contributed by atoms with Crippen LogP contribution in [-0.4, -0.2) is 36.7 Å². The third kappa shape index (κ3) is 5.73. The van der Waals surface area contributed by atoms with Crippen LogP contribution in [0.4, 0.5) is 0 Å². The van der Waals surface area contributed by atoms with E-state index in [2.05, 4.69) is 0 Å². The highest BCUT2D eigenvalue weighted by atomic mass is 32.1. The molecule has 3 aromatic rings. The van der Waals surface area contributed by atoms with Crippen LogP contribution in [0.25, 0.3) is 16.5 Å². The Labute approximate surface area is 187 Å². The Balaban J connectivity index is 1.87. The fraction of sp³-hybridized carbons (Fsp3) is 0.0870. The zero-order valence-corrected chi connectivity index (χ0v) is 17.8. The number of primary amides is 1. The molecule has 164 valence electrons. The molecule has 0 aliphatic heterocycles. The lowest BCUT2D eigenvalue weighted by Crippen LogP contribution is -2.20. The fourth-order valence-electron chi connectivity index (χ4n) is 2.75. The van der Waals surface area contributed by atoms with E-state index < -0.39 is 17.8 Å². The molecule has 0 aliphatic rings. The molecule has 0 unspecified atom stereocenters. The van der Waals surface area contributed by atoms with E-state index in [0.717, 1.165) is 10.4 Å². The highest BCUT2D eigenvalue weighted by molar-refractivity contribution is 7.13. The number of thiophene rings is 1. The van der Waals surface area contributed by atoms with Crippen molar-refractivity contribution >= 4 is 35.3 Å². The number of rotatable bonds is 9. The Morgan fingerprint density at radius 3 is 2.44 bits per heavy atom. The maximum absolute atomic E-state index is 12.3. The van der Waals surface area contributed by atoms with Crippen molar-refractivity contribution in [3.8, 4) is 27.7 Å². The SMILES string of the molecule is COc1cc(OCC(N)=O)c(C=CC(=O)Oc2ccc(C(=O)O)cc2)cc1-c1cccs1. The minimum atomic E-state index is -1.08. The predicted molar refractivity (Wildman–Crippen MR) is 119 cm³/mol. The Morgan fingerprint density at radius 1 is 1.09 bits per heavy atom. The zero-order chi connectivity index (χ0) is 23.1. The van der Waals surface area contributed by atoms with Crippen LogP contribution < -0.4 is 19.9 Å². The summed E-state index contributed by atoms with van der Waals surface area (Å²) in [7, 11) is 1.52. The number of aromatic carboxylic acids is 1. The van der Waals surface area contributed by atoms with Crippen molar-refractivity contribution < 1.29 is 33.7 Å². The predicted octanol–water partition coefficient (Wildman–Crippen LogP) is 3.60. The number of amides is 1. The van der Waals surface area contributed by atoms with Gasteiger partial charge in [-0.1, -0.05) is 6.07 Å². The molecule has 0 radical (unpaired) electrons. The molecule has 0 aliphatic carbocycles. The number of esters is 1. The van der Waals surface area contributed by atoms with Crippen molar-refractivity contribution in [1.82, 2.24) is 0 Å². The number of carboxylic acid groups (broad SMARTS) is 1. The third-order valence-corrected chi connectivity index (χ3v) is 5.11. The largest absolute Gasteiger partial charge is 0.496 e. The first-order valence-electron chi connectivity index (χ1n) is 9.27. The molecular weight excluding hydrogens is 434 g/mol. The van der Waals surface area contributed by atoms with Gasteiger partial charge < -0.3 is 25.1 Å². The molecule has 0 saturated heterocycles. The van der Waals surface area contributed by atoms with E-state index in [0.29, 0.717) is 17.1 Å². The normalized spacial score (nSPS) is 10.7. The zero-order valence-electron chi connectivity index (χ0n) is 16.9.